The number of Topliss-reactive ketones (excluding diaryl/α,β-unsaturated/α-hetero) is 1. The van der Waals surface area contributed by atoms with Gasteiger partial charge < -0.3 is 4.74 Å². The van der Waals surface area contributed by atoms with Crippen LogP contribution in [0.25, 0.3) is 0 Å². The van der Waals surface area contributed by atoms with Crippen molar-refractivity contribution in [1.29, 1.82) is 0 Å². The van der Waals surface area contributed by atoms with E-state index in [2.05, 4.69) is 0 Å². The van der Waals surface area contributed by atoms with Crippen LogP contribution in [0.2, 0.25) is 0 Å². The monoisotopic (exact) mass is 246 g/mol. The molecule has 1 aliphatic heterocycles. The number of hydrogen-bond acceptors (Lipinski definition) is 3. The summed E-state index contributed by atoms with van der Waals surface area (Å²) in [4.78, 5) is 13.1. The van der Waals surface area contributed by atoms with E-state index in [9.17, 15) is 4.79 Å². The van der Waals surface area contributed by atoms with E-state index in [-0.39, 0.29) is 5.78 Å². The highest BCUT2D eigenvalue weighted by molar-refractivity contribution is 7.99. The van der Waals surface area contributed by atoms with Crippen LogP contribution in [0.1, 0.15) is 16.8 Å². The molecule has 0 spiro atoms. The van der Waals surface area contributed by atoms with E-state index in [1.165, 1.54) is 0 Å². The van der Waals surface area contributed by atoms with Gasteiger partial charge in [-0.15, -0.1) is 11.8 Å². The van der Waals surface area contributed by atoms with Crippen LogP contribution in [0.15, 0.2) is 53.1 Å². The van der Waals surface area contributed by atoms with Gasteiger partial charge in [0.25, 0.3) is 0 Å². The van der Waals surface area contributed by atoms with E-state index in [0.29, 0.717) is 6.42 Å². The number of rotatable bonds is 1. The van der Waals surface area contributed by atoms with Crippen molar-refractivity contribution >= 4 is 17.5 Å². The number of carbonyl (C=O) groups excluding carboxylic acids is 1. The van der Waals surface area contributed by atoms with Gasteiger partial charge in [-0.3, -0.25) is 4.79 Å². The van der Waals surface area contributed by atoms with Gasteiger partial charge in [0.1, 0.15) is 5.76 Å². The number of benzene rings is 1. The van der Waals surface area contributed by atoms with Crippen molar-refractivity contribution in [2.24, 2.45) is 0 Å². The van der Waals surface area contributed by atoms with Crippen LogP contribution in [0.5, 0.6) is 0 Å². The molecule has 0 atom stereocenters. The van der Waals surface area contributed by atoms with Gasteiger partial charge >= 0.3 is 0 Å². The van der Waals surface area contributed by atoms with Gasteiger partial charge in [0, 0.05) is 22.6 Å². The standard InChI is InChI=1S/C14H14O2S/c1-16-11-5-4-10-17-14-7-3-2-6-12(14)13(15)9-8-11/h2-8H,9-10H2,1H3/b5-4-,11-8+. The Morgan fingerprint density at radius 2 is 2.12 bits per heavy atom. The minimum absolute atomic E-state index is 0.137. The zero-order chi connectivity index (χ0) is 12.1. The average molecular weight is 246 g/mol. The molecule has 0 unspecified atom stereocenters. The topological polar surface area (TPSA) is 26.3 Å². The lowest BCUT2D eigenvalue weighted by Gasteiger charge is -2.08. The molecular formula is C14H14O2S. The Morgan fingerprint density at radius 3 is 2.94 bits per heavy atom. The molecule has 0 radical (unpaired) electrons. The van der Waals surface area contributed by atoms with E-state index in [1.807, 2.05) is 42.5 Å². The predicted molar refractivity (Wildman–Crippen MR) is 70.3 cm³/mol. The van der Waals surface area contributed by atoms with Gasteiger partial charge in [-0.05, 0) is 18.2 Å². The average Bonchev–Trinajstić information content (AvgIpc) is 2.38. The van der Waals surface area contributed by atoms with E-state index in [1.54, 1.807) is 18.9 Å². The Balaban J connectivity index is 2.33. The van der Waals surface area contributed by atoms with Crippen LogP contribution in [-0.4, -0.2) is 18.6 Å². The number of ketones is 1. The fraction of sp³-hybridized carbons (Fsp3) is 0.214. The summed E-state index contributed by atoms with van der Waals surface area (Å²) in [7, 11) is 1.62. The van der Waals surface area contributed by atoms with Crippen molar-refractivity contribution in [2.75, 3.05) is 12.9 Å². The van der Waals surface area contributed by atoms with Crippen LogP contribution in [0.3, 0.4) is 0 Å². The van der Waals surface area contributed by atoms with E-state index in [0.717, 1.165) is 22.0 Å². The lowest BCUT2D eigenvalue weighted by molar-refractivity contribution is 0.0991. The summed E-state index contributed by atoms with van der Waals surface area (Å²) in [6, 6.07) is 7.75. The summed E-state index contributed by atoms with van der Waals surface area (Å²) in [5, 5.41) is 0. The van der Waals surface area contributed by atoms with Crippen LogP contribution in [0, 0.1) is 0 Å². The first-order chi connectivity index (χ1) is 8.31. The molecule has 0 aliphatic carbocycles. The van der Waals surface area contributed by atoms with E-state index < -0.39 is 0 Å². The molecule has 2 rings (SSSR count). The second kappa shape index (κ2) is 5.73. The Labute approximate surface area is 105 Å². The minimum atomic E-state index is 0.137. The summed E-state index contributed by atoms with van der Waals surface area (Å²) >= 11 is 1.67. The third-order valence-corrected chi connectivity index (χ3v) is 3.56. The Morgan fingerprint density at radius 1 is 1.29 bits per heavy atom. The molecule has 1 aromatic carbocycles. The highest BCUT2D eigenvalue weighted by atomic mass is 32.2. The molecule has 1 heterocycles. The van der Waals surface area contributed by atoms with Gasteiger partial charge in [0.05, 0.1) is 7.11 Å². The molecule has 17 heavy (non-hydrogen) atoms. The summed E-state index contributed by atoms with van der Waals surface area (Å²) < 4.78 is 5.17. The zero-order valence-corrected chi connectivity index (χ0v) is 10.5. The number of thioether (sulfide) groups is 1. The van der Waals surface area contributed by atoms with Gasteiger partial charge in [-0.25, -0.2) is 0 Å². The first-order valence-corrected chi connectivity index (χ1v) is 6.45. The molecule has 0 saturated carbocycles. The molecule has 0 bridgehead atoms. The molecule has 1 aliphatic rings. The second-order valence-corrected chi connectivity index (χ2v) is 4.71. The summed E-state index contributed by atoms with van der Waals surface area (Å²) in [6.45, 7) is 0. The fourth-order valence-electron chi connectivity index (χ4n) is 1.65. The maximum atomic E-state index is 12.0. The molecule has 0 amide bonds. The maximum absolute atomic E-state index is 12.0. The second-order valence-electron chi connectivity index (χ2n) is 3.65. The molecule has 2 nitrogen and oxygen atoms in total. The van der Waals surface area contributed by atoms with E-state index in [4.69, 9.17) is 4.74 Å². The van der Waals surface area contributed by atoms with Crippen molar-refractivity contribution in [3.8, 4) is 0 Å². The van der Waals surface area contributed by atoms with Gasteiger partial charge in [-0.1, -0.05) is 24.3 Å². The minimum Gasteiger partial charge on any atom is -0.497 e. The first kappa shape index (κ1) is 12.0. The third-order valence-electron chi connectivity index (χ3n) is 2.53. The van der Waals surface area contributed by atoms with Crippen molar-refractivity contribution in [2.45, 2.75) is 11.3 Å². The third kappa shape index (κ3) is 3.01. The molecule has 0 aromatic heterocycles. The van der Waals surface area contributed by atoms with Crippen LogP contribution in [-0.2, 0) is 4.74 Å². The normalized spacial score (nSPS) is 21.0. The molecule has 0 N–H and O–H groups in total. The lowest BCUT2D eigenvalue weighted by Crippen LogP contribution is -2.01. The number of ether oxygens (including phenoxy) is 1. The molecule has 0 fully saturated rings. The summed E-state index contributed by atoms with van der Waals surface area (Å²) in [6.07, 6.45) is 6.16. The number of carbonyl (C=O) groups is 1. The predicted octanol–water partition coefficient (Wildman–Crippen LogP) is 3.45. The fourth-order valence-corrected chi connectivity index (χ4v) is 2.53. The molecule has 0 saturated heterocycles. The highest BCUT2D eigenvalue weighted by Crippen LogP contribution is 2.25. The Hall–Kier alpha value is -1.48. The largest absolute Gasteiger partial charge is 0.497 e. The number of fused-ring (bicyclic) bond motifs is 1. The van der Waals surface area contributed by atoms with Crippen LogP contribution >= 0.6 is 11.8 Å². The Kier molecular flexibility index (Phi) is 4.04. The maximum Gasteiger partial charge on any atom is 0.167 e. The van der Waals surface area contributed by atoms with Gasteiger partial charge in [-0.2, -0.15) is 0 Å². The van der Waals surface area contributed by atoms with Gasteiger partial charge in [0.15, 0.2) is 5.78 Å². The smallest absolute Gasteiger partial charge is 0.167 e. The first-order valence-electron chi connectivity index (χ1n) is 5.47. The number of hydrogen-bond donors (Lipinski definition) is 0. The van der Waals surface area contributed by atoms with Crippen molar-refractivity contribution < 1.29 is 9.53 Å². The van der Waals surface area contributed by atoms with Crippen molar-refractivity contribution in [3.05, 3.63) is 53.8 Å². The molecule has 1 aromatic rings. The van der Waals surface area contributed by atoms with Crippen molar-refractivity contribution in [3.63, 3.8) is 0 Å². The quantitative estimate of drug-likeness (QED) is 0.759. The Bertz CT molecular complexity index is 475. The highest BCUT2D eigenvalue weighted by Gasteiger charge is 2.11. The lowest BCUT2D eigenvalue weighted by atomic mass is 10.1. The van der Waals surface area contributed by atoms with Crippen LogP contribution < -0.4 is 0 Å². The van der Waals surface area contributed by atoms with Crippen LogP contribution in [0.4, 0.5) is 0 Å². The number of methoxy groups -OCH3 is 1. The van der Waals surface area contributed by atoms with E-state index >= 15 is 0 Å². The molecular weight excluding hydrogens is 232 g/mol. The molecule has 88 valence electrons. The number of allylic oxidation sites excluding steroid dienone is 2. The van der Waals surface area contributed by atoms with Gasteiger partial charge in [0.2, 0.25) is 0 Å². The SMILES string of the molecule is COC1=C/CC(=O)c2ccccc2SC/C=C\1. The zero-order valence-electron chi connectivity index (χ0n) is 9.68. The summed E-state index contributed by atoms with van der Waals surface area (Å²) in [5.74, 6) is 1.72. The molecule has 3 heteroatoms. The summed E-state index contributed by atoms with van der Waals surface area (Å²) in [5.41, 5.74) is 0.805. The van der Waals surface area contributed by atoms with Crippen molar-refractivity contribution in [1.82, 2.24) is 0 Å².